The SMILES string of the molecule is COc1cc(-c2nn(-c3cccc(F)c3)[n+](-c3ccccc3)n2)ccc1OCc1ccccc1.[Cl-]. The quantitative estimate of drug-likeness (QED) is 0.329. The summed E-state index contributed by atoms with van der Waals surface area (Å²) in [7, 11) is 1.59. The molecule has 0 saturated heterocycles. The molecule has 1 aromatic heterocycles. The summed E-state index contributed by atoms with van der Waals surface area (Å²) in [5, 5.41) is 9.38. The van der Waals surface area contributed by atoms with Crippen molar-refractivity contribution in [3.05, 3.63) is 115 Å². The van der Waals surface area contributed by atoms with Crippen LogP contribution < -0.4 is 26.7 Å². The molecule has 0 unspecified atom stereocenters. The minimum Gasteiger partial charge on any atom is -1.00 e. The molecule has 0 aliphatic heterocycles. The second-order valence-electron chi connectivity index (χ2n) is 7.56. The number of rotatable bonds is 7. The number of ether oxygens (including phenoxy) is 2. The Balaban J connectivity index is 0.00000289. The van der Waals surface area contributed by atoms with E-state index in [1.807, 2.05) is 78.9 Å². The number of hydrogen-bond donors (Lipinski definition) is 0. The zero-order chi connectivity index (χ0) is 23.3. The van der Waals surface area contributed by atoms with Gasteiger partial charge < -0.3 is 21.9 Å². The number of nitrogens with zero attached hydrogens (tertiary/aromatic N) is 4. The standard InChI is InChI=1S/C27H22FN4O2.ClH/c1-33-26-17-21(15-16-25(26)34-19-20-9-4-2-5-10-20)27-29-31(23-12-6-3-7-13-23)32(30-27)24-14-8-11-22(28)18-24;/h2-18H,19H2,1H3;1H/q+1;/p-1. The molecule has 0 saturated carbocycles. The van der Waals surface area contributed by atoms with E-state index in [0.29, 0.717) is 29.6 Å². The molecule has 0 aliphatic rings. The Morgan fingerprint density at radius 2 is 1.57 bits per heavy atom. The summed E-state index contributed by atoms with van der Waals surface area (Å²) in [5.41, 5.74) is 3.15. The summed E-state index contributed by atoms with van der Waals surface area (Å²) in [4.78, 5) is 3.20. The minimum absolute atomic E-state index is 0. The van der Waals surface area contributed by atoms with Crippen LogP contribution >= 0.6 is 0 Å². The van der Waals surface area contributed by atoms with Gasteiger partial charge in [-0.05, 0) is 57.9 Å². The molecule has 0 radical (unpaired) electrons. The van der Waals surface area contributed by atoms with Gasteiger partial charge in [-0.3, -0.25) is 0 Å². The normalized spacial score (nSPS) is 10.5. The summed E-state index contributed by atoms with van der Waals surface area (Å²) in [6.45, 7) is 0.428. The molecular weight excluding hydrogens is 467 g/mol. The van der Waals surface area contributed by atoms with E-state index < -0.39 is 0 Å². The van der Waals surface area contributed by atoms with Gasteiger partial charge in [-0.25, -0.2) is 4.39 Å². The Bertz CT molecular complexity index is 1410. The number of hydrogen-bond acceptors (Lipinski definition) is 4. The van der Waals surface area contributed by atoms with Crippen molar-refractivity contribution >= 4 is 0 Å². The average Bonchev–Trinajstić information content (AvgIpc) is 3.34. The van der Waals surface area contributed by atoms with Gasteiger partial charge in [0.15, 0.2) is 17.2 Å². The Morgan fingerprint density at radius 3 is 2.29 bits per heavy atom. The Hall–Kier alpha value is -4.23. The largest absolute Gasteiger partial charge is 1.00 e. The van der Waals surface area contributed by atoms with Gasteiger partial charge in [0.2, 0.25) is 0 Å². The lowest BCUT2D eigenvalue weighted by atomic mass is 10.2. The van der Waals surface area contributed by atoms with Crippen LogP contribution in [0, 0.1) is 5.82 Å². The molecule has 0 atom stereocenters. The maximum atomic E-state index is 14.0. The van der Waals surface area contributed by atoms with E-state index in [-0.39, 0.29) is 18.2 Å². The number of benzene rings is 4. The van der Waals surface area contributed by atoms with Gasteiger partial charge in [-0.1, -0.05) is 54.6 Å². The zero-order valence-electron chi connectivity index (χ0n) is 18.9. The molecule has 6 nitrogen and oxygen atoms in total. The molecular formula is C27H22ClFN4O2. The molecule has 0 fully saturated rings. The van der Waals surface area contributed by atoms with Gasteiger partial charge in [0, 0.05) is 10.9 Å². The van der Waals surface area contributed by atoms with E-state index in [1.165, 1.54) is 12.1 Å². The van der Waals surface area contributed by atoms with Crippen molar-refractivity contribution in [3.8, 4) is 34.3 Å². The highest BCUT2D eigenvalue weighted by Gasteiger charge is 2.24. The number of methoxy groups -OCH3 is 1. The molecule has 176 valence electrons. The highest BCUT2D eigenvalue weighted by Crippen LogP contribution is 2.32. The lowest BCUT2D eigenvalue weighted by molar-refractivity contribution is -0.734. The number of aromatic nitrogens is 4. The van der Waals surface area contributed by atoms with Gasteiger partial charge in [-0.15, -0.1) is 0 Å². The maximum absolute atomic E-state index is 14.0. The van der Waals surface area contributed by atoms with Gasteiger partial charge in [0.1, 0.15) is 18.1 Å². The van der Waals surface area contributed by atoms with Crippen LogP contribution in [0.25, 0.3) is 22.8 Å². The molecule has 5 rings (SSSR count). The van der Waals surface area contributed by atoms with Gasteiger partial charge in [0.05, 0.1) is 17.8 Å². The third kappa shape index (κ3) is 5.31. The summed E-state index contributed by atoms with van der Waals surface area (Å²) in [5.74, 6) is 1.30. The fraction of sp³-hybridized carbons (Fsp3) is 0.0741. The van der Waals surface area contributed by atoms with Gasteiger partial charge in [0.25, 0.3) is 0 Å². The van der Waals surface area contributed by atoms with Crippen LogP contribution in [0.15, 0.2) is 103 Å². The van der Waals surface area contributed by atoms with Crippen molar-refractivity contribution in [2.24, 2.45) is 0 Å². The first-order valence-corrected chi connectivity index (χ1v) is 10.8. The van der Waals surface area contributed by atoms with Crippen LogP contribution in [-0.2, 0) is 6.61 Å². The zero-order valence-corrected chi connectivity index (χ0v) is 19.6. The molecule has 0 bridgehead atoms. The minimum atomic E-state index is -0.351. The first-order valence-electron chi connectivity index (χ1n) is 10.8. The monoisotopic (exact) mass is 488 g/mol. The fourth-order valence-electron chi connectivity index (χ4n) is 3.56. The number of halogens is 2. The summed E-state index contributed by atoms with van der Waals surface area (Å²) in [6, 6.07) is 31.3. The van der Waals surface area contributed by atoms with E-state index in [1.54, 1.807) is 28.8 Å². The second kappa shape index (κ2) is 10.8. The smallest absolute Gasteiger partial charge is 0.340 e. The van der Waals surface area contributed by atoms with Crippen molar-refractivity contribution in [2.45, 2.75) is 6.61 Å². The predicted molar refractivity (Wildman–Crippen MR) is 126 cm³/mol. The van der Waals surface area contributed by atoms with E-state index in [0.717, 1.165) is 16.8 Å². The molecule has 1 heterocycles. The van der Waals surface area contributed by atoms with Crippen LogP contribution in [0.3, 0.4) is 0 Å². The summed E-state index contributed by atoms with van der Waals surface area (Å²) in [6.07, 6.45) is 0. The third-order valence-electron chi connectivity index (χ3n) is 5.24. The fourth-order valence-corrected chi connectivity index (χ4v) is 3.56. The Morgan fingerprint density at radius 1 is 0.829 bits per heavy atom. The van der Waals surface area contributed by atoms with Crippen LogP contribution in [0.2, 0.25) is 0 Å². The predicted octanol–water partition coefficient (Wildman–Crippen LogP) is 1.94. The van der Waals surface area contributed by atoms with Crippen molar-refractivity contribution in [3.63, 3.8) is 0 Å². The van der Waals surface area contributed by atoms with E-state index >= 15 is 0 Å². The number of para-hydroxylation sites is 1. The molecule has 4 aromatic carbocycles. The van der Waals surface area contributed by atoms with Crippen LogP contribution in [-0.4, -0.2) is 22.1 Å². The molecule has 8 heteroatoms. The highest BCUT2D eigenvalue weighted by molar-refractivity contribution is 5.60. The van der Waals surface area contributed by atoms with Crippen molar-refractivity contribution < 1.29 is 31.1 Å². The first-order chi connectivity index (χ1) is 16.7. The Kier molecular flexibility index (Phi) is 7.38. The molecule has 35 heavy (non-hydrogen) atoms. The summed E-state index contributed by atoms with van der Waals surface area (Å²) >= 11 is 0. The topological polar surface area (TPSA) is 53.0 Å². The van der Waals surface area contributed by atoms with Crippen molar-refractivity contribution in [1.29, 1.82) is 0 Å². The van der Waals surface area contributed by atoms with Crippen LogP contribution in [0.5, 0.6) is 11.5 Å². The van der Waals surface area contributed by atoms with Gasteiger partial charge >= 0.3 is 5.82 Å². The van der Waals surface area contributed by atoms with Crippen LogP contribution in [0.1, 0.15) is 5.56 Å². The molecule has 0 N–H and O–H groups in total. The van der Waals surface area contributed by atoms with E-state index in [2.05, 4.69) is 5.10 Å². The lowest BCUT2D eigenvalue weighted by Crippen LogP contribution is -3.00. The number of tetrazole rings is 1. The van der Waals surface area contributed by atoms with Crippen molar-refractivity contribution in [2.75, 3.05) is 7.11 Å². The molecule has 5 aromatic rings. The van der Waals surface area contributed by atoms with Crippen LogP contribution in [0.4, 0.5) is 4.39 Å². The third-order valence-corrected chi connectivity index (χ3v) is 5.24. The highest BCUT2D eigenvalue weighted by atomic mass is 35.5. The molecule has 0 amide bonds. The first kappa shape index (κ1) is 23.9. The summed E-state index contributed by atoms with van der Waals surface area (Å²) < 4.78 is 25.5. The maximum Gasteiger partial charge on any atom is 0.340 e. The second-order valence-corrected chi connectivity index (χ2v) is 7.56. The van der Waals surface area contributed by atoms with Gasteiger partial charge in [-0.2, -0.15) is 0 Å². The van der Waals surface area contributed by atoms with Crippen molar-refractivity contribution in [1.82, 2.24) is 15.0 Å². The van der Waals surface area contributed by atoms with E-state index in [4.69, 9.17) is 14.6 Å². The Labute approximate surface area is 208 Å². The lowest BCUT2D eigenvalue weighted by Gasteiger charge is -2.11. The molecule has 0 aliphatic carbocycles. The van der Waals surface area contributed by atoms with E-state index in [9.17, 15) is 4.39 Å². The molecule has 0 spiro atoms. The average molecular weight is 489 g/mol.